The lowest BCUT2D eigenvalue weighted by molar-refractivity contribution is -0.148. The first kappa shape index (κ1) is 12.5. The molecule has 0 aromatic heterocycles. The Labute approximate surface area is 91.2 Å². The van der Waals surface area contributed by atoms with Crippen LogP contribution in [0.1, 0.15) is 33.1 Å². The Morgan fingerprint density at radius 1 is 1.60 bits per heavy atom. The quantitative estimate of drug-likeness (QED) is 0.689. The summed E-state index contributed by atoms with van der Waals surface area (Å²) in [5, 5.41) is 9.55. The number of esters is 1. The number of aliphatic hydroxyl groups excluding tert-OH is 1. The second-order valence-corrected chi connectivity index (χ2v) is 3.97. The van der Waals surface area contributed by atoms with Gasteiger partial charge in [-0.1, -0.05) is 6.92 Å². The number of rotatable bonds is 5. The van der Waals surface area contributed by atoms with Crippen molar-refractivity contribution in [3.63, 3.8) is 0 Å². The first-order valence-electron chi connectivity index (χ1n) is 5.77. The highest BCUT2D eigenvalue weighted by atomic mass is 16.5. The van der Waals surface area contributed by atoms with Crippen molar-refractivity contribution in [3.05, 3.63) is 0 Å². The van der Waals surface area contributed by atoms with Crippen LogP contribution in [-0.2, 0) is 9.53 Å². The summed E-state index contributed by atoms with van der Waals surface area (Å²) in [6, 6.07) is -0.133. The minimum atomic E-state index is -0.333. The molecule has 0 aromatic carbocycles. The minimum absolute atomic E-state index is 0.133. The van der Waals surface area contributed by atoms with Crippen molar-refractivity contribution >= 4 is 5.97 Å². The van der Waals surface area contributed by atoms with Gasteiger partial charge in [0, 0.05) is 6.54 Å². The third kappa shape index (κ3) is 3.47. The largest absolute Gasteiger partial charge is 0.465 e. The van der Waals surface area contributed by atoms with Crippen molar-refractivity contribution in [3.8, 4) is 0 Å². The Kier molecular flexibility index (Phi) is 5.05. The van der Waals surface area contributed by atoms with E-state index >= 15 is 0 Å². The van der Waals surface area contributed by atoms with Crippen LogP contribution in [-0.4, -0.2) is 47.8 Å². The first-order chi connectivity index (χ1) is 7.19. The SMILES string of the molecule is CCOC(=O)C1CCCN1CC(O)CC. The molecular weight excluding hydrogens is 194 g/mol. The molecule has 1 saturated heterocycles. The van der Waals surface area contributed by atoms with Crippen LogP contribution in [0.25, 0.3) is 0 Å². The smallest absolute Gasteiger partial charge is 0.323 e. The maximum atomic E-state index is 11.6. The Hall–Kier alpha value is -0.610. The topological polar surface area (TPSA) is 49.8 Å². The van der Waals surface area contributed by atoms with Gasteiger partial charge in [-0.25, -0.2) is 0 Å². The average Bonchev–Trinajstić information content (AvgIpc) is 2.66. The molecule has 1 aliphatic rings. The van der Waals surface area contributed by atoms with Crippen LogP contribution in [0, 0.1) is 0 Å². The van der Waals surface area contributed by atoms with Gasteiger partial charge in [-0.3, -0.25) is 9.69 Å². The highest BCUT2D eigenvalue weighted by Gasteiger charge is 2.32. The molecule has 88 valence electrons. The van der Waals surface area contributed by atoms with Crippen molar-refractivity contribution in [1.29, 1.82) is 0 Å². The second kappa shape index (κ2) is 6.08. The third-order valence-corrected chi connectivity index (χ3v) is 2.84. The van der Waals surface area contributed by atoms with Gasteiger partial charge < -0.3 is 9.84 Å². The number of hydrogen-bond acceptors (Lipinski definition) is 4. The van der Waals surface area contributed by atoms with E-state index in [9.17, 15) is 9.90 Å². The van der Waals surface area contributed by atoms with E-state index in [0.29, 0.717) is 13.2 Å². The monoisotopic (exact) mass is 215 g/mol. The second-order valence-electron chi connectivity index (χ2n) is 3.97. The predicted octanol–water partition coefficient (Wildman–Crippen LogP) is 0.785. The Morgan fingerprint density at radius 3 is 2.93 bits per heavy atom. The van der Waals surface area contributed by atoms with Crippen LogP contribution in [0.3, 0.4) is 0 Å². The first-order valence-corrected chi connectivity index (χ1v) is 5.77. The summed E-state index contributed by atoms with van der Waals surface area (Å²) in [4.78, 5) is 13.6. The molecule has 4 nitrogen and oxygen atoms in total. The predicted molar refractivity (Wildman–Crippen MR) is 57.5 cm³/mol. The minimum Gasteiger partial charge on any atom is -0.465 e. The molecule has 0 radical (unpaired) electrons. The highest BCUT2D eigenvalue weighted by Crippen LogP contribution is 2.19. The average molecular weight is 215 g/mol. The van der Waals surface area contributed by atoms with Gasteiger partial charge in [0.1, 0.15) is 6.04 Å². The van der Waals surface area contributed by atoms with Crippen molar-refractivity contribution in [2.75, 3.05) is 19.7 Å². The lowest BCUT2D eigenvalue weighted by atomic mass is 10.2. The van der Waals surface area contributed by atoms with Gasteiger partial charge in [0.25, 0.3) is 0 Å². The van der Waals surface area contributed by atoms with E-state index in [0.717, 1.165) is 25.8 Å². The van der Waals surface area contributed by atoms with Gasteiger partial charge in [-0.15, -0.1) is 0 Å². The zero-order valence-electron chi connectivity index (χ0n) is 9.61. The number of β-amino-alcohol motifs (C(OH)–C–C–N with tert-alkyl or cyclic N) is 1. The number of hydrogen-bond donors (Lipinski definition) is 1. The molecular formula is C11H21NO3. The highest BCUT2D eigenvalue weighted by molar-refractivity contribution is 5.76. The number of ether oxygens (including phenoxy) is 1. The van der Waals surface area contributed by atoms with E-state index < -0.39 is 0 Å². The summed E-state index contributed by atoms with van der Waals surface area (Å²) in [5.41, 5.74) is 0. The number of aliphatic hydroxyl groups is 1. The van der Waals surface area contributed by atoms with Crippen LogP contribution >= 0.6 is 0 Å². The fraction of sp³-hybridized carbons (Fsp3) is 0.909. The maximum Gasteiger partial charge on any atom is 0.323 e. The fourth-order valence-electron chi connectivity index (χ4n) is 1.95. The van der Waals surface area contributed by atoms with Crippen LogP contribution in [0.5, 0.6) is 0 Å². The van der Waals surface area contributed by atoms with Gasteiger partial charge >= 0.3 is 5.97 Å². The molecule has 1 N–H and O–H groups in total. The number of likely N-dealkylation sites (tertiary alicyclic amines) is 1. The summed E-state index contributed by atoms with van der Waals surface area (Å²) in [5.74, 6) is -0.140. The van der Waals surface area contributed by atoms with Crippen molar-refractivity contribution in [2.45, 2.75) is 45.3 Å². The van der Waals surface area contributed by atoms with Crippen LogP contribution < -0.4 is 0 Å². The summed E-state index contributed by atoms with van der Waals surface area (Å²) in [7, 11) is 0. The van der Waals surface area contributed by atoms with E-state index in [1.165, 1.54) is 0 Å². The van der Waals surface area contributed by atoms with E-state index in [-0.39, 0.29) is 18.1 Å². The molecule has 0 bridgehead atoms. The fourth-order valence-corrected chi connectivity index (χ4v) is 1.95. The number of nitrogens with zero attached hydrogens (tertiary/aromatic N) is 1. The Balaban J connectivity index is 2.45. The zero-order chi connectivity index (χ0) is 11.3. The zero-order valence-corrected chi connectivity index (χ0v) is 9.61. The molecule has 2 atom stereocenters. The van der Waals surface area contributed by atoms with Crippen molar-refractivity contribution in [1.82, 2.24) is 4.90 Å². The van der Waals surface area contributed by atoms with Gasteiger partial charge in [0.05, 0.1) is 12.7 Å². The standard InChI is InChI=1S/C11H21NO3/c1-3-9(13)8-12-7-5-6-10(12)11(14)15-4-2/h9-10,13H,3-8H2,1-2H3. The van der Waals surface area contributed by atoms with E-state index in [1.54, 1.807) is 0 Å². The van der Waals surface area contributed by atoms with Gasteiger partial charge in [0.2, 0.25) is 0 Å². The van der Waals surface area contributed by atoms with E-state index in [2.05, 4.69) is 0 Å². The number of carbonyl (C=O) groups excluding carboxylic acids is 1. The number of carbonyl (C=O) groups is 1. The third-order valence-electron chi connectivity index (χ3n) is 2.84. The van der Waals surface area contributed by atoms with Crippen molar-refractivity contribution < 1.29 is 14.6 Å². The molecule has 1 fully saturated rings. The maximum absolute atomic E-state index is 11.6. The molecule has 2 unspecified atom stereocenters. The van der Waals surface area contributed by atoms with Crippen LogP contribution in [0.4, 0.5) is 0 Å². The molecule has 15 heavy (non-hydrogen) atoms. The summed E-state index contributed by atoms with van der Waals surface area (Å²) in [6.07, 6.45) is 2.27. The molecule has 1 heterocycles. The van der Waals surface area contributed by atoms with E-state index in [1.807, 2.05) is 18.7 Å². The molecule has 0 saturated carbocycles. The van der Waals surface area contributed by atoms with Crippen LogP contribution in [0.15, 0.2) is 0 Å². The van der Waals surface area contributed by atoms with Crippen LogP contribution in [0.2, 0.25) is 0 Å². The molecule has 0 amide bonds. The molecule has 4 heteroatoms. The Bertz CT molecular complexity index is 208. The molecule has 1 aliphatic heterocycles. The lowest BCUT2D eigenvalue weighted by Gasteiger charge is -2.24. The molecule has 0 aliphatic carbocycles. The summed E-state index contributed by atoms with van der Waals surface area (Å²) in [6.45, 7) is 5.66. The Morgan fingerprint density at radius 2 is 2.33 bits per heavy atom. The normalized spacial score (nSPS) is 24.1. The molecule has 0 spiro atoms. The lowest BCUT2D eigenvalue weighted by Crippen LogP contribution is -2.41. The van der Waals surface area contributed by atoms with Gasteiger partial charge in [0.15, 0.2) is 0 Å². The summed E-state index contributed by atoms with van der Waals surface area (Å²) < 4.78 is 5.01. The molecule has 1 rings (SSSR count). The van der Waals surface area contributed by atoms with Gasteiger partial charge in [-0.2, -0.15) is 0 Å². The van der Waals surface area contributed by atoms with Gasteiger partial charge in [-0.05, 0) is 32.7 Å². The molecule has 0 aromatic rings. The van der Waals surface area contributed by atoms with E-state index in [4.69, 9.17) is 4.74 Å². The van der Waals surface area contributed by atoms with Crippen molar-refractivity contribution in [2.24, 2.45) is 0 Å². The summed E-state index contributed by atoms with van der Waals surface area (Å²) >= 11 is 0.